The second-order valence-electron chi connectivity index (χ2n) is 6.75. The molecule has 2 unspecified atom stereocenters. The van der Waals surface area contributed by atoms with Crippen LogP contribution in [0.4, 0.5) is 0 Å². The lowest BCUT2D eigenvalue weighted by Crippen LogP contribution is -2.48. The molecule has 2 atom stereocenters. The van der Waals surface area contributed by atoms with Crippen LogP contribution in [-0.2, 0) is 6.42 Å². The predicted molar refractivity (Wildman–Crippen MR) is 83.0 cm³/mol. The summed E-state index contributed by atoms with van der Waals surface area (Å²) >= 11 is 5.95. The number of hydrogen-bond acceptors (Lipinski definition) is 1. The number of nitrogens with zero attached hydrogens (tertiary/aromatic N) is 1. The van der Waals surface area contributed by atoms with Gasteiger partial charge in [0, 0.05) is 16.3 Å². The maximum Gasteiger partial charge on any atom is 0.0705 e. The molecule has 0 N–H and O–H groups in total. The Morgan fingerprint density at radius 1 is 1.10 bits per heavy atom. The summed E-state index contributed by atoms with van der Waals surface area (Å²) in [4.78, 5) is 4.92. The molecule has 2 aromatic rings. The zero-order chi connectivity index (χ0) is 13.9. The lowest BCUT2D eigenvalue weighted by Gasteiger charge is -2.56. The van der Waals surface area contributed by atoms with Crippen molar-refractivity contribution in [3.05, 3.63) is 52.7 Å². The summed E-state index contributed by atoms with van der Waals surface area (Å²) in [7, 11) is 0. The van der Waals surface area contributed by atoms with E-state index in [0.29, 0.717) is 11.3 Å². The zero-order valence-electron chi connectivity index (χ0n) is 11.9. The van der Waals surface area contributed by atoms with E-state index in [1.54, 1.807) is 0 Å². The molecular weight excluding hydrogens is 266 g/mol. The van der Waals surface area contributed by atoms with Gasteiger partial charge in [0.25, 0.3) is 0 Å². The molecule has 3 aliphatic carbocycles. The molecule has 2 heteroatoms. The molecule has 1 saturated carbocycles. The van der Waals surface area contributed by atoms with Crippen LogP contribution in [0.2, 0.25) is 5.02 Å². The Morgan fingerprint density at radius 3 is 2.55 bits per heavy atom. The van der Waals surface area contributed by atoms with Crippen LogP contribution in [0.1, 0.15) is 37.4 Å². The van der Waals surface area contributed by atoms with E-state index in [1.807, 2.05) is 24.3 Å². The van der Waals surface area contributed by atoms with Crippen molar-refractivity contribution in [2.75, 3.05) is 0 Å². The predicted octanol–water partition coefficient (Wildman–Crippen LogP) is 5.09. The quantitative estimate of drug-likeness (QED) is 0.710. The molecule has 102 valence electrons. The first-order chi connectivity index (χ1) is 9.55. The molecule has 1 aromatic carbocycles. The monoisotopic (exact) mass is 283 g/mol. The van der Waals surface area contributed by atoms with Crippen LogP contribution in [0.5, 0.6) is 0 Å². The van der Waals surface area contributed by atoms with E-state index in [1.165, 1.54) is 17.7 Å². The van der Waals surface area contributed by atoms with Crippen LogP contribution in [0.25, 0.3) is 11.3 Å². The summed E-state index contributed by atoms with van der Waals surface area (Å²) in [6, 6.07) is 12.4. The van der Waals surface area contributed by atoms with Crippen LogP contribution >= 0.6 is 11.6 Å². The van der Waals surface area contributed by atoms with Gasteiger partial charge in [0.2, 0.25) is 0 Å². The summed E-state index contributed by atoms with van der Waals surface area (Å²) in [5.74, 6) is 1.52. The third kappa shape index (κ3) is 1.66. The van der Waals surface area contributed by atoms with Crippen LogP contribution in [-0.4, -0.2) is 4.98 Å². The maximum atomic E-state index is 5.95. The molecule has 0 aliphatic heterocycles. The summed E-state index contributed by atoms with van der Waals surface area (Å²) in [5.41, 5.74) is 5.49. The Bertz CT molecular complexity index is 672. The van der Waals surface area contributed by atoms with E-state index in [9.17, 15) is 0 Å². The smallest absolute Gasteiger partial charge is 0.0705 e. The van der Waals surface area contributed by atoms with Crippen molar-refractivity contribution in [1.29, 1.82) is 0 Å². The summed E-state index contributed by atoms with van der Waals surface area (Å²) in [6.07, 6.45) is 2.49. The highest BCUT2D eigenvalue weighted by Gasteiger charge is 2.52. The van der Waals surface area contributed by atoms with Crippen molar-refractivity contribution in [2.45, 2.75) is 32.6 Å². The third-order valence-electron chi connectivity index (χ3n) is 5.44. The Morgan fingerprint density at radius 2 is 1.85 bits per heavy atom. The lowest BCUT2D eigenvalue weighted by molar-refractivity contribution is 0.0170. The van der Waals surface area contributed by atoms with Gasteiger partial charge in [-0.2, -0.15) is 0 Å². The number of rotatable bonds is 1. The number of pyridine rings is 1. The largest absolute Gasteiger partial charge is 0.253 e. The van der Waals surface area contributed by atoms with E-state index in [4.69, 9.17) is 16.6 Å². The normalized spacial score (nSPS) is 25.8. The molecular formula is C18H18ClN. The Hall–Kier alpha value is -1.34. The first-order valence-electron chi connectivity index (χ1n) is 7.31. The van der Waals surface area contributed by atoms with Gasteiger partial charge in [-0.25, -0.2) is 0 Å². The van der Waals surface area contributed by atoms with Crippen LogP contribution in [0.3, 0.4) is 0 Å². The minimum atomic E-state index is 0.469. The highest BCUT2D eigenvalue weighted by Crippen LogP contribution is 2.61. The SMILES string of the molecule is CC1(C)C2Cc3nc(-c4ccc(Cl)cc4)ccc3C1C2. The van der Waals surface area contributed by atoms with E-state index < -0.39 is 0 Å². The molecule has 0 spiro atoms. The fourth-order valence-electron chi connectivity index (χ4n) is 3.90. The molecule has 0 saturated heterocycles. The van der Waals surface area contributed by atoms with Crippen LogP contribution in [0.15, 0.2) is 36.4 Å². The number of halogens is 1. The molecule has 1 nitrogen and oxygen atoms in total. The minimum absolute atomic E-state index is 0.469. The van der Waals surface area contributed by atoms with Crippen LogP contribution < -0.4 is 0 Å². The molecule has 1 heterocycles. The Kier molecular flexibility index (Phi) is 2.53. The standard InChI is InChI=1S/C18H18ClN/c1-18(2)12-9-15(18)14-7-8-16(20-17(14)10-12)11-3-5-13(19)6-4-11/h3-8,12,15H,9-10H2,1-2H3. The molecule has 3 aliphatic rings. The highest BCUT2D eigenvalue weighted by molar-refractivity contribution is 6.30. The Balaban J connectivity index is 1.75. The van der Waals surface area contributed by atoms with Gasteiger partial charge in [-0.1, -0.05) is 43.6 Å². The van der Waals surface area contributed by atoms with Gasteiger partial charge in [-0.05, 0) is 53.9 Å². The molecule has 2 bridgehead atoms. The average Bonchev–Trinajstić information content (AvgIpc) is 2.46. The van der Waals surface area contributed by atoms with Gasteiger partial charge in [0.15, 0.2) is 0 Å². The van der Waals surface area contributed by atoms with Crippen molar-refractivity contribution >= 4 is 11.6 Å². The fourth-order valence-corrected chi connectivity index (χ4v) is 4.02. The number of benzene rings is 1. The van der Waals surface area contributed by atoms with Crippen molar-refractivity contribution < 1.29 is 0 Å². The molecule has 1 fully saturated rings. The summed E-state index contributed by atoms with van der Waals surface area (Å²) in [5, 5.41) is 0.773. The van der Waals surface area contributed by atoms with E-state index >= 15 is 0 Å². The average molecular weight is 284 g/mol. The molecule has 5 rings (SSSR count). The first kappa shape index (κ1) is 12.4. The maximum absolute atomic E-state index is 5.95. The van der Waals surface area contributed by atoms with Crippen molar-refractivity contribution in [2.24, 2.45) is 11.3 Å². The van der Waals surface area contributed by atoms with E-state index in [0.717, 1.165) is 28.6 Å². The highest BCUT2D eigenvalue weighted by atomic mass is 35.5. The van der Waals surface area contributed by atoms with E-state index in [2.05, 4.69) is 26.0 Å². The first-order valence-corrected chi connectivity index (χ1v) is 7.69. The van der Waals surface area contributed by atoms with Crippen LogP contribution in [0, 0.1) is 11.3 Å². The van der Waals surface area contributed by atoms with Gasteiger partial charge in [0.05, 0.1) is 5.69 Å². The number of hydrogen-bond donors (Lipinski definition) is 0. The van der Waals surface area contributed by atoms with Gasteiger partial charge in [-0.15, -0.1) is 0 Å². The zero-order valence-corrected chi connectivity index (χ0v) is 12.6. The molecule has 0 amide bonds. The van der Waals surface area contributed by atoms with E-state index in [-0.39, 0.29) is 0 Å². The molecule has 0 radical (unpaired) electrons. The molecule has 1 aromatic heterocycles. The van der Waals surface area contributed by atoms with Crippen molar-refractivity contribution in [3.8, 4) is 11.3 Å². The minimum Gasteiger partial charge on any atom is -0.253 e. The van der Waals surface area contributed by atoms with Gasteiger partial charge in [-0.3, -0.25) is 4.98 Å². The van der Waals surface area contributed by atoms with Crippen molar-refractivity contribution in [1.82, 2.24) is 4.98 Å². The second-order valence-corrected chi connectivity index (χ2v) is 7.19. The lowest BCUT2D eigenvalue weighted by atomic mass is 9.48. The molecule has 20 heavy (non-hydrogen) atoms. The topological polar surface area (TPSA) is 12.9 Å². The van der Waals surface area contributed by atoms with Gasteiger partial charge in [0.1, 0.15) is 0 Å². The summed E-state index contributed by atoms with van der Waals surface area (Å²) < 4.78 is 0. The van der Waals surface area contributed by atoms with Crippen molar-refractivity contribution in [3.63, 3.8) is 0 Å². The number of aromatic nitrogens is 1. The third-order valence-corrected chi connectivity index (χ3v) is 5.69. The Labute approximate surface area is 125 Å². The fraction of sp³-hybridized carbons (Fsp3) is 0.389. The second kappa shape index (κ2) is 4.08. The summed E-state index contributed by atoms with van der Waals surface area (Å²) in [6.45, 7) is 4.81. The van der Waals surface area contributed by atoms with Gasteiger partial charge >= 0.3 is 0 Å². The van der Waals surface area contributed by atoms with Gasteiger partial charge < -0.3 is 0 Å².